The van der Waals surface area contributed by atoms with Crippen molar-refractivity contribution in [3.63, 3.8) is 0 Å². The van der Waals surface area contributed by atoms with Crippen LogP contribution in [0.4, 0.5) is 5.13 Å². The quantitative estimate of drug-likeness (QED) is 0.807. The number of hydrogen-bond donors (Lipinski definition) is 1. The number of hydrogen-bond acceptors (Lipinski definition) is 6. The molecule has 1 N–H and O–H groups in total. The van der Waals surface area contributed by atoms with Gasteiger partial charge in [0.15, 0.2) is 0 Å². The van der Waals surface area contributed by atoms with Gasteiger partial charge in [-0.25, -0.2) is 4.98 Å². The van der Waals surface area contributed by atoms with E-state index in [1.807, 2.05) is 18.2 Å². The van der Waals surface area contributed by atoms with Crippen molar-refractivity contribution in [2.75, 3.05) is 31.6 Å². The minimum Gasteiger partial charge on any atom is -0.497 e. The predicted octanol–water partition coefficient (Wildman–Crippen LogP) is 2.88. The van der Waals surface area contributed by atoms with Crippen molar-refractivity contribution in [2.45, 2.75) is 32.6 Å². The van der Waals surface area contributed by atoms with Gasteiger partial charge in [0.1, 0.15) is 11.6 Å². The van der Waals surface area contributed by atoms with Crippen molar-refractivity contribution >= 4 is 22.6 Å². The molecule has 2 aromatic rings. The molecule has 0 bridgehead atoms. The fourth-order valence-electron chi connectivity index (χ4n) is 3.14. The minimum absolute atomic E-state index is 0.127. The highest BCUT2D eigenvalue weighted by atomic mass is 32.1. The second kappa shape index (κ2) is 8.98. The molecule has 7 heteroatoms. The molecule has 2 heterocycles. The molecule has 0 spiro atoms. The first-order chi connectivity index (χ1) is 12.7. The average Bonchev–Trinajstić information content (AvgIpc) is 3.14. The highest BCUT2D eigenvalue weighted by molar-refractivity contribution is 7.09. The van der Waals surface area contributed by atoms with Gasteiger partial charge in [-0.2, -0.15) is 4.37 Å². The summed E-state index contributed by atoms with van der Waals surface area (Å²) in [5, 5.41) is 3.96. The van der Waals surface area contributed by atoms with E-state index in [1.54, 1.807) is 7.11 Å². The van der Waals surface area contributed by atoms with Gasteiger partial charge in [0.25, 0.3) is 0 Å². The van der Waals surface area contributed by atoms with Crippen molar-refractivity contribution in [1.82, 2.24) is 14.7 Å². The molecule has 1 amide bonds. The number of benzene rings is 1. The zero-order valence-electron chi connectivity index (χ0n) is 15.4. The summed E-state index contributed by atoms with van der Waals surface area (Å²) in [7, 11) is 1.67. The lowest BCUT2D eigenvalue weighted by Gasteiger charge is -2.30. The van der Waals surface area contributed by atoms with Crippen molar-refractivity contribution in [2.24, 2.45) is 5.92 Å². The Morgan fingerprint density at radius 2 is 2.19 bits per heavy atom. The van der Waals surface area contributed by atoms with Crippen LogP contribution >= 0.6 is 11.5 Å². The number of anilines is 1. The van der Waals surface area contributed by atoms with Gasteiger partial charge in [-0.3, -0.25) is 4.79 Å². The van der Waals surface area contributed by atoms with Crippen LogP contribution in [0.1, 0.15) is 37.6 Å². The number of aromatic nitrogens is 2. The molecular weight excluding hydrogens is 348 g/mol. The van der Waals surface area contributed by atoms with Crippen LogP contribution in [-0.2, 0) is 11.2 Å². The Kier molecular flexibility index (Phi) is 6.44. The molecule has 0 unspecified atom stereocenters. The van der Waals surface area contributed by atoms with Gasteiger partial charge in [-0.1, -0.05) is 19.1 Å². The summed E-state index contributed by atoms with van der Waals surface area (Å²) in [6.45, 7) is 4.56. The molecule has 0 radical (unpaired) electrons. The van der Waals surface area contributed by atoms with Gasteiger partial charge in [0.05, 0.1) is 7.11 Å². The second-order valence-corrected chi connectivity index (χ2v) is 7.30. The Balaban J connectivity index is 1.54. The van der Waals surface area contributed by atoms with E-state index < -0.39 is 0 Å². The van der Waals surface area contributed by atoms with Crippen molar-refractivity contribution in [3.05, 3.63) is 35.7 Å². The van der Waals surface area contributed by atoms with Crippen LogP contribution in [0.2, 0.25) is 0 Å². The molecule has 0 aliphatic carbocycles. The molecule has 1 aliphatic heterocycles. The summed E-state index contributed by atoms with van der Waals surface area (Å²) in [5.41, 5.74) is 1.14. The fourth-order valence-corrected chi connectivity index (χ4v) is 3.87. The molecule has 1 aromatic heterocycles. The molecule has 0 atom stereocenters. The third kappa shape index (κ3) is 4.72. The largest absolute Gasteiger partial charge is 0.497 e. The van der Waals surface area contributed by atoms with E-state index in [2.05, 4.69) is 27.6 Å². The van der Waals surface area contributed by atoms with Gasteiger partial charge in [-0.15, -0.1) is 0 Å². The van der Waals surface area contributed by atoms with Gasteiger partial charge >= 0.3 is 0 Å². The van der Waals surface area contributed by atoms with E-state index in [0.29, 0.717) is 6.42 Å². The number of piperidine rings is 1. The number of ether oxygens (including phenoxy) is 1. The summed E-state index contributed by atoms with van der Waals surface area (Å²) < 4.78 is 9.77. The van der Waals surface area contributed by atoms with Crippen molar-refractivity contribution < 1.29 is 9.53 Å². The summed E-state index contributed by atoms with van der Waals surface area (Å²) in [4.78, 5) is 19.0. The van der Waals surface area contributed by atoms with Crippen molar-refractivity contribution in [3.8, 4) is 5.75 Å². The standard InChI is InChI=1S/C19H26N4O2S/c1-3-9-20-18(24)15-7-10-23(11-8-15)19-21-17(22-26-19)13-14-5-4-6-16(12-14)25-2/h4-6,12,15H,3,7-11,13H2,1-2H3,(H,20,24). The Morgan fingerprint density at radius 1 is 1.38 bits per heavy atom. The predicted molar refractivity (Wildman–Crippen MR) is 104 cm³/mol. The second-order valence-electron chi connectivity index (χ2n) is 6.57. The van der Waals surface area contributed by atoms with Gasteiger partial charge in [0.2, 0.25) is 11.0 Å². The number of nitrogens with zero attached hydrogens (tertiary/aromatic N) is 3. The van der Waals surface area contributed by atoms with E-state index in [-0.39, 0.29) is 11.8 Å². The third-order valence-electron chi connectivity index (χ3n) is 4.64. The molecule has 0 saturated carbocycles. The summed E-state index contributed by atoms with van der Waals surface area (Å²) in [6.07, 6.45) is 3.43. The van der Waals surface area contributed by atoms with E-state index in [0.717, 1.165) is 61.2 Å². The number of nitrogens with one attached hydrogen (secondary N) is 1. The van der Waals surface area contributed by atoms with Crippen LogP contribution in [0.25, 0.3) is 0 Å². The van der Waals surface area contributed by atoms with Crippen LogP contribution in [0, 0.1) is 5.92 Å². The highest BCUT2D eigenvalue weighted by Gasteiger charge is 2.26. The first kappa shape index (κ1) is 18.6. The average molecular weight is 375 g/mol. The summed E-state index contributed by atoms with van der Waals surface area (Å²) in [5.74, 6) is 2.01. The zero-order chi connectivity index (χ0) is 18.4. The maximum Gasteiger partial charge on any atom is 0.223 e. The normalized spacial score (nSPS) is 15.1. The first-order valence-corrected chi connectivity index (χ1v) is 9.95. The molecule has 1 saturated heterocycles. The molecule has 1 aliphatic rings. The molecule has 6 nitrogen and oxygen atoms in total. The van der Waals surface area contributed by atoms with Crippen LogP contribution in [0.5, 0.6) is 5.75 Å². The lowest BCUT2D eigenvalue weighted by molar-refractivity contribution is -0.125. The minimum atomic E-state index is 0.127. The highest BCUT2D eigenvalue weighted by Crippen LogP contribution is 2.26. The van der Waals surface area contributed by atoms with Crippen LogP contribution < -0.4 is 15.0 Å². The van der Waals surface area contributed by atoms with Crippen LogP contribution in [0.15, 0.2) is 24.3 Å². The molecule has 1 fully saturated rings. The lowest BCUT2D eigenvalue weighted by Crippen LogP contribution is -2.40. The van der Waals surface area contributed by atoms with Crippen LogP contribution in [-0.4, -0.2) is 42.0 Å². The van der Waals surface area contributed by atoms with Gasteiger partial charge in [-0.05, 0) is 37.0 Å². The zero-order valence-corrected chi connectivity index (χ0v) is 16.2. The van der Waals surface area contributed by atoms with E-state index >= 15 is 0 Å². The number of methoxy groups -OCH3 is 1. The van der Waals surface area contributed by atoms with E-state index in [9.17, 15) is 4.79 Å². The number of carbonyl (C=O) groups excluding carboxylic acids is 1. The SMILES string of the molecule is CCCNC(=O)C1CCN(c2nc(Cc3cccc(OC)c3)ns2)CC1. The Hall–Kier alpha value is -2.15. The van der Waals surface area contributed by atoms with E-state index in [4.69, 9.17) is 9.72 Å². The van der Waals surface area contributed by atoms with Gasteiger partial charge < -0.3 is 15.0 Å². The number of amides is 1. The first-order valence-electron chi connectivity index (χ1n) is 9.17. The maximum atomic E-state index is 12.1. The smallest absolute Gasteiger partial charge is 0.223 e. The lowest BCUT2D eigenvalue weighted by atomic mass is 9.96. The molecule has 1 aromatic carbocycles. The third-order valence-corrected chi connectivity index (χ3v) is 5.45. The Morgan fingerprint density at radius 3 is 2.92 bits per heavy atom. The molecule has 26 heavy (non-hydrogen) atoms. The summed E-state index contributed by atoms with van der Waals surface area (Å²) >= 11 is 1.44. The topological polar surface area (TPSA) is 67.4 Å². The Bertz CT molecular complexity index is 726. The molecule has 140 valence electrons. The number of rotatable bonds is 7. The maximum absolute atomic E-state index is 12.1. The fraction of sp³-hybridized carbons (Fsp3) is 0.526. The Labute approximate surface area is 158 Å². The number of carbonyl (C=O) groups is 1. The molecular formula is C19H26N4O2S. The van der Waals surface area contributed by atoms with Gasteiger partial charge in [0, 0.05) is 43.5 Å². The molecule has 3 rings (SSSR count). The van der Waals surface area contributed by atoms with E-state index in [1.165, 1.54) is 11.5 Å². The van der Waals surface area contributed by atoms with Crippen LogP contribution in [0.3, 0.4) is 0 Å². The summed E-state index contributed by atoms with van der Waals surface area (Å²) in [6, 6.07) is 7.99. The monoisotopic (exact) mass is 374 g/mol. The van der Waals surface area contributed by atoms with Crippen molar-refractivity contribution in [1.29, 1.82) is 0 Å².